The summed E-state index contributed by atoms with van der Waals surface area (Å²) in [4.78, 5) is 0. The van der Waals surface area contributed by atoms with Crippen molar-refractivity contribution in [2.24, 2.45) is 0 Å². The third-order valence-electron chi connectivity index (χ3n) is 2.76. The quantitative estimate of drug-likeness (QED) is 0.804. The van der Waals surface area contributed by atoms with Crippen LogP contribution in [-0.4, -0.2) is 5.11 Å². The van der Waals surface area contributed by atoms with Crippen LogP contribution in [0, 0.1) is 22.1 Å². The summed E-state index contributed by atoms with van der Waals surface area (Å²) in [5, 5.41) is 10.1. The summed E-state index contributed by atoms with van der Waals surface area (Å²) in [5.41, 5.74) is 0.725. The van der Waals surface area contributed by atoms with Crippen molar-refractivity contribution in [2.45, 2.75) is 13.0 Å². The molecule has 0 bridgehead atoms. The van der Waals surface area contributed by atoms with E-state index >= 15 is 0 Å². The first kappa shape index (κ1) is 13.4. The summed E-state index contributed by atoms with van der Waals surface area (Å²) in [6.07, 6.45) is -1.16. The fourth-order valence-corrected chi connectivity index (χ4v) is 2.06. The molecule has 2 rings (SSSR count). The molecule has 1 unspecified atom stereocenters. The van der Waals surface area contributed by atoms with Gasteiger partial charge in [0.1, 0.15) is 17.7 Å². The molecule has 0 radical (unpaired) electrons. The van der Waals surface area contributed by atoms with Crippen molar-refractivity contribution in [1.82, 2.24) is 0 Å². The molecule has 1 N–H and O–H groups in total. The maximum absolute atomic E-state index is 13.7. The zero-order valence-corrected chi connectivity index (χ0v) is 11.8. The van der Waals surface area contributed by atoms with E-state index in [1.54, 1.807) is 12.1 Å². The van der Waals surface area contributed by atoms with E-state index in [4.69, 9.17) is 0 Å². The van der Waals surface area contributed by atoms with Crippen LogP contribution in [0.15, 0.2) is 36.4 Å². The molecular formula is C14H11F2IO. The number of aryl methyl sites for hydroxylation is 1. The normalized spacial score (nSPS) is 12.5. The minimum absolute atomic E-state index is 0.0423. The second-order valence-corrected chi connectivity index (χ2v) is 5.32. The van der Waals surface area contributed by atoms with Gasteiger partial charge < -0.3 is 5.11 Å². The molecule has 0 aliphatic heterocycles. The highest BCUT2D eigenvalue weighted by molar-refractivity contribution is 14.1. The van der Waals surface area contributed by atoms with Crippen LogP contribution in [0.25, 0.3) is 0 Å². The highest BCUT2D eigenvalue weighted by Crippen LogP contribution is 2.26. The van der Waals surface area contributed by atoms with Crippen LogP contribution in [0.2, 0.25) is 0 Å². The second-order valence-electron chi connectivity index (χ2n) is 4.08. The van der Waals surface area contributed by atoms with Crippen molar-refractivity contribution in [1.29, 1.82) is 0 Å². The van der Waals surface area contributed by atoms with Gasteiger partial charge >= 0.3 is 0 Å². The zero-order valence-electron chi connectivity index (χ0n) is 9.62. The van der Waals surface area contributed by atoms with E-state index in [9.17, 15) is 13.9 Å². The Hall–Kier alpha value is -1.01. The van der Waals surface area contributed by atoms with Gasteiger partial charge in [-0.15, -0.1) is 0 Å². The van der Waals surface area contributed by atoms with Crippen LogP contribution in [0.5, 0.6) is 0 Å². The molecule has 2 aromatic carbocycles. The summed E-state index contributed by atoms with van der Waals surface area (Å²) < 4.78 is 28.2. The number of aliphatic hydroxyl groups is 1. The van der Waals surface area contributed by atoms with Crippen molar-refractivity contribution in [3.63, 3.8) is 0 Å². The van der Waals surface area contributed by atoms with Gasteiger partial charge in [-0.3, -0.25) is 0 Å². The maximum Gasteiger partial charge on any atom is 0.129 e. The Balaban J connectivity index is 2.42. The minimum atomic E-state index is -1.16. The van der Waals surface area contributed by atoms with Crippen molar-refractivity contribution < 1.29 is 13.9 Å². The lowest BCUT2D eigenvalue weighted by Crippen LogP contribution is -2.04. The molecule has 94 valence electrons. The van der Waals surface area contributed by atoms with Crippen LogP contribution < -0.4 is 0 Å². The van der Waals surface area contributed by atoms with E-state index in [-0.39, 0.29) is 11.1 Å². The van der Waals surface area contributed by atoms with E-state index in [1.165, 1.54) is 6.92 Å². The molecular weight excluding hydrogens is 349 g/mol. The van der Waals surface area contributed by atoms with Gasteiger partial charge in [0.15, 0.2) is 0 Å². The predicted octanol–water partition coefficient (Wildman–Crippen LogP) is 3.96. The summed E-state index contributed by atoms with van der Waals surface area (Å²) in [6.45, 7) is 1.49. The van der Waals surface area contributed by atoms with Crippen molar-refractivity contribution >= 4 is 22.6 Å². The molecule has 0 aromatic heterocycles. The molecule has 0 spiro atoms. The average Bonchev–Trinajstić information content (AvgIpc) is 2.34. The molecule has 0 saturated carbocycles. The van der Waals surface area contributed by atoms with Gasteiger partial charge in [0.2, 0.25) is 0 Å². The topological polar surface area (TPSA) is 20.2 Å². The first-order chi connectivity index (χ1) is 8.49. The lowest BCUT2D eigenvalue weighted by Gasteiger charge is -2.13. The Morgan fingerprint density at radius 2 is 1.67 bits per heavy atom. The molecule has 0 aliphatic rings. The Labute approximate surface area is 118 Å². The summed E-state index contributed by atoms with van der Waals surface area (Å²) in [5.74, 6) is -1.11. The van der Waals surface area contributed by atoms with Gasteiger partial charge in [0.05, 0.1) is 0 Å². The molecule has 0 amide bonds. The molecule has 4 heteroatoms. The molecule has 0 heterocycles. The Morgan fingerprint density at radius 1 is 1.06 bits per heavy atom. The largest absolute Gasteiger partial charge is 0.384 e. The number of hydrogen-bond donors (Lipinski definition) is 1. The van der Waals surface area contributed by atoms with Gasteiger partial charge in [-0.1, -0.05) is 12.1 Å². The summed E-state index contributed by atoms with van der Waals surface area (Å²) in [6, 6.07) is 9.16. The van der Waals surface area contributed by atoms with Crippen LogP contribution in [0.4, 0.5) is 8.78 Å². The average molecular weight is 360 g/mol. The van der Waals surface area contributed by atoms with Gasteiger partial charge in [-0.2, -0.15) is 0 Å². The SMILES string of the molecule is Cc1cc(F)c(C(O)c2ccc(I)cc2)cc1F. The van der Waals surface area contributed by atoms with Crippen molar-refractivity contribution in [2.75, 3.05) is 0 Å². The van der Waals surface area contributed by atoms with Crippen LogP contribution in [0.3, 0.4) is 0 Å². The molecule has 0 aliphatic carbocycles. The van der Waals surface area contributed by atoms with Gasteiger partial charge in [0, 0.05) is 9.13 Å². The van der Waals surface area contributed by atoms with Crippen molar-refractivity contribution in [3.8, 4) is 0 Å². The third kappa shape index (κ3) is 2.70. The van der Waals surface area contributed by atoms with E-state index in [0.29, 0.717) is 5.56 Å². The summed E-state index contributed by atoms with van der Waals surface area (Å²) in [7, 11) is 0. The molecule has 0 fully saturated rings. The number of halogens is 3. The highest BCUT2D eigenvalue weighted by atomic mass is 127. The zero-order chi connectivity index (χ0) is 13.3. The lowest BCUT2D eigenvalue weighted by atomic mass is 10.00. The highest BCUT2D eigenvalue weighted by Gasteiger charge is 2.17. The molecule has 1 atom stereocenters. The third-order valence-corrected chi connectivity index (χ3v) is 3.48. The fourth-order valence-electron chi connectivity index (χ4n) is 1.70. The predicted molar refractivity (Wildman–Crippen MR) is 74.3 cm³/mol. The Morgan fingerprint density at radius 3 is 2.28 bits per heavy atom. The first-order valence-electron chi connectivity index (χ1n) is 5.38. The molecule has 1 nitrogen and oxygen atoms in total. The molecule has 18 heavy (non-hydrogen) atoms. The standard InChI is InChI=1S/C14H11F2IO/c1-8-6-13(16)11(7-12(8)15)14(18)9-2-4-10(17)5-3-9/h2-7,14,18H,1H3. The second kappa shape index (κ2) is 5.32. The number of rotatable bonds is 2. The monoisotopic (exact) mass is 360 g/mol. The van der Waals surface area contributed by atoms with Gasteiger partial charge in [0.25, 0.3) is 0 Å². The van der Waals surface area contributed by atoms with Crippen LogP contribution >= 0.6 is 22.6 Å². The Kier molecular flexibility index (Phi) is 3.97. The van der Waals surface area contributed by atoms with E-state index in [0.717, 1.165) is 15.7 Å². The Bertz CT molecular complexity index is 567. The number of hydrogen-bond acceptors (Lipinski definition) is 1. The minimum Gasteiger partial charge on any atom is -0.384 e. The van der Waals surface area contributed by atoms with Crippen LogP contribution in [0.1, 0.15) is 22.8 Å². The smallest absolute Gasteiger partial charge is 0.129 e. The van der Waals surface area contributed by atoms with Crippen LogP contribution in [-0.2, 0) is 0 Å². The number of aliphatic hydroxyl groups excluding tert-OH is 1. The van der Waals surface area contributed by atoms with E-state index in [1.807, 2.05) is 12.1 Å². The van der Waals surface area contributed by atoms with Crippen molar-refractivity contribution in [3.05, 3.63) is 68.3 Å². The fraction of sp³-hybridized carbons (Fsp3) is 0.143. The summed E-state index contributed by atoms with van der Waals surface area (Å²) >= 11 is 2.14. The first-order valence-corrected chi connectivity index (χ1v) is 6.46. The molecule has 0 saturated heterocycles. The molecule has 2 aromatic rings. The number of benzene rings is 2. The van der Waals surface area contributed by atoms with E-state index < -0.39 is 17.7 Å². The lowest BCUT2D eigenvalue weighted by molar-refractivity contribution is 0.214. The van der Waals surface area contributed by atoms with Gasteiger partial charge in [-0.05, 0) is 64.9 Å². The maximum atomic E-state index is 13.7. The van der Waals surface area contributed by atoms with Gasteiger partial charge in [-0.25, -0.2) is 8.78 Å². The van der Waals surface area contributed by atoms with E-state index in [2.05, 4.69) is 22.6 Å².